The van der Waals surface area contributed by atoms with Gasteiger partial charge >= 0.3 is 5.91 Å². The summed E-state index contributed by atoms with van der Waals surface area (Å²) in [6, 6.07) is 15.0. The van der Waals surface area contributed by atoms with Crippen molar-refractivity contribution in [1.82, 2.24) is 4.98 Å². The Labute approximate surface area is 234 Å². The van der Waals surface area contributed by atoms with E-state index in [4.69, 9.17) is 23.9 Å². The van der Waals surface area contributed by atoms with Crippen molar-refractivity contribution < 1.29 is 33.6 Å². The number of aromatic nitrogens is 1. The van der Waals surface area contributed by atoms with Gasteiger partial charge in [0.05, 0.1) is 30.0 Å². The molecule has 6 rings (SSSR count). The van der Waals surface area contributed by atoms with Crippen molar-refractivity contribution in [3.8, 4) is 23.0 Å². The Kier molecular flexibility index (Phi) is 6.55. The number of ketones is 1. The van der Waals surface area contributed by atoms with Crippen LogP contribution < -0.4 is 23.8 Å². The van der Waals surface area contributed by atoms with Gasteiger partial charge in [-0.1, -0.05) is 36.5 Å². The number of para-hydroxylation sites is 1. The third-order valence-corrected chi connectivity index (χ3v) is 8.06. The summed E-state index contributed by atoms with van der Waals surface area (Å²) in [5.41, 5.74) is 2.53. The number of carbonyl (C=O) groups is 2. The minimum Gasteiger partial charge on any atom is -0.507 e. The van der Waals surface area contributed by atoms with Gasteiger partial charge < -0.3 is 24.1 Å². The van der Waals surface area contributed by atoms with Gasteiger partial charge in [0, 0.05) is 11.1 Å². The lowest BCUT2D eigenvalue weighted by molar-refractivity contribution is -0.132. The van der Waals surface area contributed by atoms with Gasteiger partial charge in [-0.15, -0.1) is 0 Å². The molecule has 0 spiro atoms. The smallest absolute Gasteiger partial charge is 0.301 e. The number of hydrogen-bond donors (Lipinski definition) is 1. The van der Waals surface area contributed by atoms with Crippen LogP contribution in [0.3, 0.4) is 0 Å². The molecule has 40 heavy (non-hydrogen) atoms. The second kappa shape index (κ2) is 10.2. The highest BCUT2D eigenvalue weighted by molar-refractivity contribution is 7.22. The number of nitrogens with zero attached hydrogens (tertiary/aromatic N) is 2. The second-order valence-corrected chi connectivity index (χ2v) is 10.3. The van der Waals surface area contributed by atoms with E-state index in [0.717, 1.165) is 16.7 Å². The molecule has 9 nitrogen and oxygen atoms in total. The fraction of sp³-hybridized carbons (Fsp3) is 0.233. The average molecular weight is 559 g/mol. The fourth-order valence-corrected chi connectivity index (χ4v) is 6.13. The predicted molar refractivity (Wildman–Crippen MR) is 151 cm³/mol. The first-order chi connectivity index (χ1) is 19.4. The van der Waals surface area contributed by atoms with Gasteiger partial charge in [0.15, 0.2) is 28.1 Å². The molecular weight excluding hydrogens is 532 g/mol. The van der Waals surface area contributed by atoms with Crippen LogP contribution in [-0.2, 0) is 16.0 Å². The molecule has 1 amide bonds. The van der Waals surface area contributed by atoms with Gasteiger partial charge in [0.25, 0.3) is 5.78 Å². The second-order valence-electron chi connectivity index (χ2n) is 9.26. The van der Waals surface area contributed by atoms with E-state index in [1.54, 1.807) is 36.4 Å². The van der Waals surface area contributed by atoms with E-state index in [1.165, 1.54) is 30.5 Å². The maximum Gasteiger partial charge on any atom is 0.301 e. The van der Waals surface area contributed by atoms with E-state index in [1.807, 2.05) is 18.2 Å². The predicted octanol–water partition coefficient (Wildman–Crippen LogP) is 5.27. The molecule has 2 aliphatic heterocycles. The first-order valence-corrected chi connectivity index (χ1v) is 13.6. The Hall–Kier alpha value is -4.57. The molecule has 3 aromatic carbocycles. The molecular formula is C30H26N2O7S. The summed E-state index contributed by atoms with van der Waals surface area (Å²) in [5.74, 6) is -0.249. The van der Waals surface area contributed by atoms with E-state index in [-0.39, 0.29) is 11.3 Å². The molecule has 0 aliphatic carbocycles. The standard InChI is InChI=1S/C30H26N2O7S/c1-4-16-8-10-19-23(14-16)40-30(31-19)32-25(18-6-5-7-21(36-2)28(18)37-3)24(27(34)29(32)35)26(33)17-9-11-20-22(15-17)39-13-12-38-20/h5-11,14-15,25,33H,4,12-13H2,1-3H3/b26-24+. The largest absolute Gasteiger partial charge is 0.507 e. The van der Waals surface area contributed by atoms with Crippen LogP contribution in [0.2, 0.25) is 0 Å². The first kappa shape index (κ1) is 25.7. The van der Waals surface area contributed by atoms with Gasteiger partial charge in [-0.05, 0) is 48.4 Å². The number of thiazole rings is 1. The zero-order chi connectivity index (χ0) is 28.0. The quantitative estimate of drug-likeness (QED) is 0.194. The molecule has 0 radical (unpaired) electrons. The minimum absolute atomic E-state index is 0.0956. The molecule has 4 aromatic rings. The zero-order valence-corrected chi connectivity index (χ0v) is 22.9. The average Bonchev–Trinajstić information content (AvgIpc) is 3.53. The number of rotatable bonds is 6. The highest BCUT2D eigenvalue weighted by Gasteiger charge is 2.49. The molecule has 1 aromatic heterocycles. The number of aliphatic hydroxyl groups is 1. The number of fused-ring (bicyclic) bond motifs is 2. The highest BCUT2D eigenvalue weighted by atomic mass is 32.1. The molecule has 10 heteroatoms. The van der Waals surface area contributed by atoms with Gasteiger partial charge in [-0.25, -0.2) is 4.98 Å². The van der Waals surface area contributed by atoms with Crippen molar-refractivity contribution in [1.29, 1.82) is 0 Å². The van der Waals surface area contributed by atoms with Crippen LogP contribution in [0.25, 0.3) is 16.0 Å². The number of ether oxygens (including phenoxy) is 4. The monoisotopic (exact) mass is 558 g/mol. The maximum absolute atomic E-state index is 13.7. The molecule has 1 atom stereocenters. The Morgan fingerprint density at radius 1 is 1.05 bits per heavy atom. The van der Waals surface area contributed by atoms with Gasteiger partial charge in [0.2, 0.25) is 0 Å². The Morgan fingerprint density at radius 2 is 1.85 bits per heavy atom. The van der Waals surface area contributed by atoms with E-state index in [2.05, 4.69) is 6.92 Å². The summed E-state index contributed by atoms with van der Waals surface area (Å²) in [5, 5.41) is 11.9. The third kappa shape index (κ3) is 4.12. The number of aliphatic hydroxyl groups excluding tert-OH is 1. The number of methoxy groups -OCH3 is 2. The van der Waals surface area contributed by atoms with Crippen molar-refractivity contribution >= 4 is 44.1 Å². The van der Waals surface area contributed by atoms with Crippen LogP contribution >= 0.6 is 11.3 Å². The normalized spacial score (nSPS) is 17.9. The van der Waals surface area contributed by atoms with E-state index < -0.39 is 17.7 Å². The number of hydrogen-bond acceptors (Lipinski definition) is 9. The first-order valence-electron chi connectivity index (χ1n) is 12.8. The third-order valence-electron chi connectivity index (χ3n) is 7.04. The Bertz CT molecular complexity index is 1690. The van der Waals surface area contributed by atoms with Crippen LogP contribution in [0.5, 0.6) is 23.0 Å². The molecule has 1 N–H and O–H groups in total. The number of amides is 1. The summed E-state index contributed by atoms with van der Waals surface area (Å²) in [6.45, 7) is 2.84. The summed E-state index contributed by atoms with van der Waals surface area (Å²) >= 11 is 1.31. The van der Waals surface area contributed by atoms with E-state index in [0.29, 0.717) is 58.0 Å². The molecule has 3 heterocycles. The molecule has 1 fully saturated rings. The molecule has 0 saturated carbocycles. The maximum atomic E-state index is 13.7. The van der Waals surface area contributed by atoms with Gasteiger partial charge in [-0.2, -0.15) is 0 Å². The molecule has 1 unspecified atom stereocenters. The molecule has 1 saturated heterocycles. The van der Waals surface area contributed by atoms with Crippen LogP contribution in [0, 0.1) is 0 Å². The number of carbonyl (C=O) groups excluding carboxylic acids is 2. The number of aryl methyl sites for hydroxylation is 1. The number of benzene rings is 3. The van der Waals surface area contributed by atoms with E-state index >= 15 is 0 Å². The molecule has 0 bridgehead atoms. The van der Waals surface area contributed by atoms with E-state index in [9.17, 15) is 14.7 Å². The van der Waals surface area contributed by atoms with Crippen molar-refractivity contribution in [3.63, 3.8) is 0 Å². The molecule has 204 valence electrons. The van der Waals surface area contributed by atoms with Gasteiger partial charge in [0.1, 0.15) is 25.0 Å². The lowest BCUT2D eigenvalue weighted by Crippen LogP contribution is -2.29. The van der Waals surface area contributed by atoms with Gasteiger partial charge in [-0.3, -0.25) is 14.5 Å². The Balaban J connectivity index is 1.58. The summed E-state index contributed by atoms with van der Waals surface area (Å²) < 4.78 is 23.4. The summed E-state index contributed by atoms with van der Waals surface area (Å²) in [6.07, 6.45) is 0.851. The molecule has 2 aliphatic rings. The topological polar surface area (TPSA) is 107 Å². The number of Topliss-reactive ketones (excluding diaryl/α,β-unsaturated/α-hetero) is 1. The SMILES string of the molecule is CCc1ccc2nc(N3C(=O)C(=O)/C(=C(/O)c4ccc5c(c4)OCCO5)C3c3cccc(OC)c3OC)sc2c1. The van der Waals surface area contributed by atoms with Crippen molar-refractivity contribution in [2.45, 2.75) is 19.4 Å². The van der Waals surface area contributed by atoms with Crippen molar-refractivity contribution in [3.05, 3.63) is 76.9 Å². The van der Waals surface area contributed by atoms with Crippen LogP contribution in [0.15, 0.2) is 60.2 Å². The van der Waals surface area contributed by atoms with Crippen molar-refractivity contribution in [2.24, 2.45) is 0 Å². The van der Waals surface area contributed by atoms with Crippen LogP contribution in [-0.4, -0.2) is 49.2 Å². The fourth-order valence-electron chi connectivity index (χ4n) is 5.08. The van der Waals surface area contributed by atoms with Crippen LogP contribution in [0.1, 0.15) is 29.7 Å². The number of anilines is 1. The van der Waals surface area contributed by atoms with Crippen molar-refractivity contribution in [2.75, 3.05) is 32.3 Å². The highest BCUT2D eigenvalue weighted by Crippen LogP contribution is 2.49. The minimum atomic E-state index is -1.04. The lowest BCUT2D eigenvalue weighted by atomic mass is 9.94. The lowest BCUT2D eigenvalue weighted by Gasteiger charge is -2.25. The van der Waals surface area contributed by atoms with Crippen LogP contribution in [0.4, 0.5) is 5.13 Å². The zero-order valence-electron chi connectivity index (χ0n) is 22.1. The summed E-state index contributed by atoms with van der Waals surface area (Å²) in [4.78, 5) is 33.4. The Morgan fingerprint density at radius 3 is 2.60 bits per heavy atom. The summed E-state index contributed by atoms with van der Waals surface area (Å²) in [7, 11) is 2.99.